The van der Waals surface area contributed by atoms with Crippen molar-refractivity contribution in [1.29, 1.82) is 0 Å². The minimum absolute atomic E-state index is 0.000615. The summed E-state index contributed by atoms with van der Waals surface area (Å²) >= 11 is 6.25. The lowest BCUT2D eigenvalue weighted by Gasteiger charge is -2.40. The molecule has 4 rings (SSSR count). The second-order valence-electron chi connectivity index (χ2n) is 7.52. The van der Waals surface area contributed by atoms with Crippen LogP contribution in [0.5, 0.6) is 0 Å². The van der Waals surface area contributed by atoms with Crippen molar-refractivity contribution in [3.05, 3.63) is 70.5 Å². The van der Waals surface area contributed by atoms with Gasteiger partial charge in [0.2, 0.25) is 0 Å². The number of piperazine rings is 1. The summed E-state index contributed by atoms with van der Waals surface area (Å²) in [6.45, 7) is 6.99. The number of nitrogens with zero attached hydrogens (tertiary/aromatic N) is 6. The van der Waals surface area contributed by atoms with Crippen LogP contribution in [0.15, 0.2) is 48.5 Å². The largest absolute Gasteiger partial charge is 0.383 e. The lowest BCUT2D eigenvalue weighted by molar-refractivity contribution is 0.171. The molecule has 1 atom stereocenters. The van der Waals surface area contributed by atoms with Crippen LogP contribution in [0, 0.1) is 6.92 Å². The molecule has 0 bridgehead atoms. The number of aryl methyl sites for hydroxylation is 1. The molecule has 30 heavy (non-hydrogen) atoms. The van der Waals surface area contributed by atoms with Crippen molar-refractivity contribution in [2.24, 2.45) is 0 Å². The highest BCUT2D eigenvalue weighted by Crippen LogP contribution is 2.30. The van der Waals surface area contributed by atoms with Crippen LogP contribution in [0.2, 0.25) is 5.02 Å². The maximum atomic E-state index is 6.25. The van der Waals surface area contributed by atoms with Crippen molar-refractivity contribution in [1.82, 2.24) is 25.1 Å². The van der Waals surface area contributed by atoms with Crippen LogP contribution in [0.4, 0.5) is 5.69 Å². The van der Waals surface area contributed by atoms with Crippen LogP contribution in [0.1, 0.15) is 23.0 Å². The van der Waals surface area contributed by atoms with E-state index in [1.165, 1.54) is 16.8 Å². The number of hydrogen-bond donors (Lipinski definition) is 0. The molecule has 0 radical (unpaired) electrons. The molecule has 3 aromatic rings. The number of benzene rings is 2. The molecule has 0 aliphatic carbocycles. The molecule has 7 nitrogen and oxygen atoms in total. The Bertz CT molecular complexity index is 955. The van der Waals surface area contributed by atoms with E-state index in [1.54, 1.807) is 7.11 Å². The topological polar surface area (TPSA) is 59.3 Å². The van der Waals surface area contributed by atoms with Gasteiger partial charge in [-0.1, -0.05) is 48.0 Å². The SMILES string of the molecule is COCCn1nnnc1C(c1ccccc1)N1CCN(c2cc(Cl)ccc2C)CC1. The molecule has 0 spiro atoms. The van der Waals surface area contributed by atoms with E-state index in [0.717, 1.165) is 37.0 Å². The Balaban J connectivity index is 1.57. The van der Waals surface area contributed by atoms with E-state index in [4.69, 9.17) is 16.3 Å². The molecule has 158 valence electrons. The third kappa shape index (κ3) is 4.48. The third-order valence-corrected chi connectivity index (χ3v) is 5.85. The van der Waals surface area contributed by atoms with E-state index >= 15 is 0 Å². The molecule has 1 saturated heterocycles. The van der Waals surface area contributed by atoms with Crippen LogP contribution in [0.3, 0.4) is 0 Å². The molecule has 0 saturated carbocycles. The monoisotopic (exact) mass is 426 g/mol. The van der Waals surface area contributed by atoms with Gasteiger partial charge >= 0.3 is 0 Å². The molecule has 1 fully saturated rings. The minimum Gasteiger partial charge on any atom is -0.383 e. The summed E-state index contributed by atoms with van der Waals surface area (Å²) in [4.78, 5) is 4.87. The van der Waals surface area contributed by atoms with Gasteiger partial charge < -0.3 is 9.64 Å². The average Bonchev–Trinajstić information content (AvgIpc) is 3.23. The number of ether oxygens (including phenoxy) is 1. The van der Waals surface area contributed by atoms with Gasteiger partial charge in [0.05, 0.1) is 19.2 Å². The quantitative estimate of drug-likeness (QED) is 0.578. The number of aromatic nitrogens is 4. The highest BCUT2D eigenvalue weighted by Gasteiger charge is 2.30. The molecule has 2 heterocycles. The average molecular weight is 427 g/mol. The minimum atomic E-state index is 0.000615. The Hall–Kier alpha value is -2.48. The second kappa shape index (κ2) is 9.55. The summed E-state index contributed by atoms with van der Waals surface area (Å²) in [5.41, 5.74) is 3.65. The Morgan fingerprint density at radius 2 is 1.83 bits per heavy atom. The van der Waals surface area contributed by atoms with Crippen molar-refractivity contribution >= 4 is 17.3 Å². The van der Waals surface area contributed by atoms with Crippen molar-refractivity contribution < 1.29 is 4.74 Å². The Morgan fingerprint density at radius 3 is 2.57 bits per heavy atom. The van der Waals surface area contributed by atoms with E-state index in [1.807, 2.05) is 16.8 Å². The fraction of sp³-hybridized carbons (Fsp3) is 0.409. The lowest BCUT2D eigenvalue weighted by Crippen LogP contribution is -2.48. The van der Waals surface area contributed by atoms with Crippen molar-refractivity contribution in [3.8, 4) is 0 Å². The Morgan fingerprint density at radius 1 is 1.07 bits per heavy atom. The molecular weight excluding hydrogens is 400 g/mol. The van der Waals surface area contributed by atoms with Crippen molar-refractivity contribution in [3.63, 3.8) is 0 Å². The summed E-state index contributed by atoms with van der Waals surface area (Å²) in [6, 6.07) is 16.6. The number of methoxy groups -OCH3 is 1. The first-order valence-electron chi connectivity index (χ1n) is 10.2. The van der Waals surface area contributed by atoms with Crippen LogP contribution < -0.4 is 4.90 Å². The zero-order valence-corrected chi connectivity index (χ0v) is 18.2. The van der Waals surface area contributed by atoms with Crippen molar-refractivity contribution in [2.45, 2.75) is 19.5 Å². The fourth-order valence-electron chi connectivity index (χ4n) is 4.05. The van der Waals surface area contributed by atoms with Crippen molar-refractivity contribution in [2.75, 3.05) is 44.8 Å². The highest BCUT2D eigenvalue weighted by atomic mass is 35.5. The van der Waals surface area contributed by atoms with E-state index in [-0.39, 0.29) is 6.04 Å². The first kappa shape index (κ1) is 20.8. The van der Waals surface area contributed by atoms with Gasteiger partial charge in [-0.3, -0.25) is 4.90 Å². The van der Waals surface area contributed by atoms with Gasteiger partial charge in [-0.2, -0.15) is 0 Å². The molecule has 1 aromatic heterocycles. The molecule has 8 heteroatoms. The molecule has 0 N–H and O–H groups in total. The third-order valence-electron chi connectivity index (χ3n) is 5.62. The predicted octanol–water partition coefficient (Wildman–Crippen LogP) is 3.19. The Labute approximate surface area is 182 Å². The smallest absolute Gasteiger partial charge is 0.173 e. The number of tetrazole rings is 1. The molecule has 1 unspecified atom stereocenters. The summed E-state index contributed by atoms with van der Waals surface area (Å²) in [7, 11) is 1.69. The molecular formula is C22H27ClN6O. The zero-order chi connectivity index (χ0) is 20.9. The van der Waals surface area contributed by atoms with Crippen LogP contribution >= 0.6 is 11.6 Å². The van der Waals surface area contributed by atoms with E-state index < -0.39 is 0 Å². The number of halogens is 1. The number of hydrogen-bond acceptors (Lipinski definition) is 6. The Kier molecular flexibility index (Phi) is 6.62. The first-order chi connectivity index (χ1) is 14.7. The molecule has 0 amide bonds. The van der Waals surface area contributed by atoms with Gasteiger partial charge in [-0.05, 0) is 40.6 Å². The van der Waals surface area contributed by atoms with Crippen LogP contribution in [0.25, 0.3) is 0 Å². The summed E-state index contributed by atoms with van der Waals surface area (Å²) < 4.78 is 7.09. The molecule has 2 aromatic carbocycles. The maximum absolute atomic E-state index is 6.25. The van der Waals surface area contributed by atoms with E-state index in [0.29, 0.717) is 13.2 Å². The number of anilines is 1. The van der Waals surface area contributed by atoms with Crippen LogP contribution in [-0.4, -0.2) is 65.0 Å². The summed E-state index contributed by atoms with van der Waals surface area (Å²) in [5, 5.41) is 13.3. The van der Waals surface area contributed by atoms with Gasteiger partial charge in [0.15, 0.2) is 5.82 Å². The van der Waals surface area contributed by atoms with Gasteiger partial charge in [0.25, 0.3) is 0 Å². The van der Waals surface area contributed by atoms with E-state index in [9.17, 15) is 0 Å². The highest BCUT2D eigenvalue weighted by molar-refractivity contribution is 6.30. The molecule has 1 aliphatic heterocycles. The fourth-order valence-corrected chi connectivity index (χ4v) is 4.21. The standard InChI is InChI=1S/C22H27ClN6O/c1-17-8-9-19(23)16-20(17)27-10-12-28(13-11-27)21(18-6-4-3-5-7-18)22-24-25-26-29(22)14-15-30-2/h3-9,16,21H,10-15H2,1-2H3. The lowest BCUT2D eigenvalue weighted by atomic mass is 10.0. The summed E-state index contributed by atoms with van der Waals surface area (Å²) in [5.74, 6) is 0.852. The first-order valence-corrected chi connectivity index (χ1v) is 10.6. The van der Waals surface area contributed by atoms with Gasteiger partial charge in [0, 0.05) is 44.0 Å². The van der Waals surface area contributed by atoms with Crippen LogP contribution in [-0.2, 0) is 11.3 Å². The normalized spacial score (nSPS) is 16.0. The maximum Gasteiger partial charge on any atom is 0.173 e. The van der Waals surface area contributed by atoms with E-state index in [2.05, 4.69) is 68.6 Å². The predicted molar refractivity (Wildman–Crippen MR) is 118 cm³/mol. The van der Waals surface area contributed by atoms with Gasteiger partial charge in [-0.25, -0.2) is 4.68 Å². The zero-order valence-electron chi connectivity index (χ0n) is 17.4. The van der Waals surface area contributed by atoms with Gasteiger partial charge in [-0.15, -0.1) is 5.10 Å². The summed E-state index contributed by atoms with van der Waals surface area (Å²) in [6.07, 6.45) is 0. The second-order valence-corrected chi connectivity index (χ2v) is 7.96. The van der Waals surface area contributed by atoms with Gasteiger partial charge in [0.1, 0.15) is 0 Å². The molecule has 1 aliphatic rings. The number of rotatable bonds is 7.